The average molecular weight is 385 g/mol. The van der Waals surface area contributed by atoms with Gasteiger partial charge in [0.1, 0.15) is 17.1 Å². The highest BCUT2D eigenvalue weighted by atomic mass is 79.9. The lowest BCUT2D eigenvalue weighted by Crippen LogP contribution is -2.52. The first kappa shape index (κ1) is 16.4. The van der Waals surface area contributed by atoms with Gasteiger partial charge in [0.15, 0.2) is 0 Å². The molecule has 1 saturated heterocycles. The zero-order valence-electron chi connectivity index (χ0n) is 12.9. The second kappa shape index (κ2) is 5.89. The van der Waals surface area contributed by atoms with E-state index in [1.807, 2.05) is 0 Å². The molecule has 124 valence electrons. The molecule has 2 aliphatic heterocycles. The van der Waals surface area contributed by atoms with Gasteiger partial charge in [-0.1, -0.05) is 15.9 Å². The standard InChI is InChI=1S/C16H18BrFN2O3/c1-9-11(7-10(17)8-12(9)18)13-14(21)16(19-15(13)22)3-5-20(23-2)6-4-16/h7-8,21H,3-6H2,1-2H3,(H,19,22). The lowest BCUT2D eigenvalue weighted by molar-refractivity contribution is -0.152. The van der Waals surface area contributed by atoms with Crippen LogP contribution in [0, 0.1) is 12.7 Å². The molecule has 1 amide bonds. The summed E-state index contributed by atoms with van der Waals surface area (Å²) in [6.45, 7) is 2.79. The molecule has 0 unspecified atom stereocenters. The first-order chi connectivity index (χ1) is 10.9. The van der Waals surface area contributed by atoms with Gasteiger partial charge in [0.2, 0.25) is 0 Å². The average Bonchev–Trinajstić information content (AvgIpc) is 2.75. The van der Waals surface area contributed by atoms with Crippen LogP contribution in [0.5, 0.6) is 0 Å². The van der Waals surface area contributed by atoms with Gasteiger partial charge in [-0.2, -0.15) is 5.06 Å². The van der Waals surface area contributed by atoms with E-state index in [-0.39, 0.29) is 17.2 Å². The summed E-state index contributed by atoms with van der Waals surface area (Å²) in [5, 5.41) is 15.4. The SMILES string of the molecule is CON1CCC2(CC1)NC(=O)C(c1cc(Br)cc(F)c1C)=C2O. The first-order valence-electron chi connectivity index (χ1n) is 7.39. The van der Waals surface area contributed by atoms with Crippen molar-refractivity contribution in [3.05, 3.63) is 39.3 Å². The molecule has 0 bridgehead atoms. The number of halogens is 2. The van der Waals surface area contributed by atoms with Crippen LogP contribution >= 0.6 is 15.9 Å². The highest BCUT2D eigenvalue weighted by molar-refractivity contribution is 9.10. The van der Waals surface area contributed by atoms with Crippen molar-refractivity contribution >= 4 is 27.4 Å². The van der Waals surface area contributed by atoms with E-state index in [1.165, 1.54) is 6.07 Å². The van der Waals surface area contributed by atoms with Crippen LogP contribution in [0.2, 0.25) is 0 Å². The lowest BCUT2D eigenvalue weighted by Gasteiger charge is -2.37. The monoisotopic (exact) mass is 384 g/mol. The number of hydroxylamine groups is 2. The molecular formula is C16H18BrFN2O3. The zero-order chi connectivity index (χ0) is 16.8. The predicted octanol–water partition coefficient (Wildman–Crippen LogP) is 2.69. The summed E-state index contributed by atoms with van der Waals surface area (Å²) >= 11 is 3.24. The Morgan fingerprint density at radius 2 is 2.04 bits per heavy atom. The maximum absolute atomic E-state index is 14.0. The summed E-state index contributed by atoms with van der Waals surface area (Å²) < 4.78 is 14.5. The van der Waals surface area contributed by atoms with E-state index in [0.717, 1.165) is 0 Å². The maximum Gasteiger partial charge on any atom is 0.256 e. The molecule has 1 spiro atoms. The number of aliphatic hydroxyl groups excluding tert-OH is 1. The van der Waals surface area contributed by atoms with Crippen LogP contribution in [0.3, 0.4) is 0 Å². The fourth-order valence-electron chi connectivity index (χ4n) is 3.25. The van der Waals surface area contributed by atoms with Crippen molar-refractivity contribution in [2.75, 3.05) is 20.2 Å². The van der Waals surface area contributed by atoms with Crippen LogP contribution in [-0.2, 0) is 9.63 Å². The second-order valence-electron chi connectivity index (χ2n) is 5.93. The molecule has 5 nitrogen and oxygen atoms in total. The van der Waals surface area contributed by atoms with E-state index >= 15 is 0 Å². The fraction of sp³-hybridized carbons (Fsp3) is 0.438. The number of hydrogen-bond donors (Lipinski definition) is 2. The number of benzene rings is 1. The molecule has 23 heavy (non-hydrogen) atoms. The summed E-state index contributed by atoms with van der Waals surface area (Å²) in [5.74, 6) is -0.787. The Morgan fingerprint density at radius 3 is 2.65 bits per heavy atom. The van der Waals surface area contributed by atoms with Gasteiger partial charge in [0.25, 0.3) is 5.91 Å². The Labute approximate surface area is 142 Å². The van der Waals surface area contributed by atoms with Crippen LogP contribution in [0.15, 0.2) is 22.4 Å². The molecule has 2 aliphatic rings. The second-order valence-corrected chi connectivity index (χ2v) is 6.85. The van der Waals surface area contributed by atoms with Crippen molar-refractivity contribution in [2.45, 2.75) is 25.3 Å². The van der Waals surface area contributed by atoms with Crippen molar-refractivity contribution in [1.29, 1.82) is 0 Å². The molecule has 0 aromatic heterocycles. The largest absolute Gasteiger partial charge is 0.509 e. The van der Waals surface area contributed by atoms with E-state index in [1.54, 1.807) is 25.2 Å². The molecule has 7 heteroatoms. The van der Waals surface area contributed by atoms with Crippen molar-refractivity contribution in [3.8, 4) is 0 Å². The van der Waals surface area contributed by atoms with Crippen LogP contribution in [-0.4, -0.2) is 41.8 Å². The third-order valence-corrected chi connectivity index (χ3v) is 5.14. The molecule has 1 fully saturated rings. The molecule has 0 aliphatic carbocycles. The first-order valence-corrected chi connectivity index (χ1v) is 8.18. The van der Waals surface area contributed by atoms with Gasteiger partial charge in [-0.15, -0.1) is 0 Å². The summed E-state index contributed by atoms with van der Waals surface area (Å²) in [6, 6.07) is 3.00. The van der Waals surface area contributed by atoms with E-state index in [9.17, 15) is 14.3 Å². The van der Waals surface area contributed by atoms with Gasteiger partial charge in [-0.25, -0.2) is 4.39 Å². The summed E-state index contributed by atoms with van der Waals surface area (Å²) in [7, 11) is 1.60. The zero-order valence-corrected chi connectivity index (χ0v) is 14.5. The summed E-state index contributed by atoms with van der Waals surface area (Å²) in [4.78, 5) is 17.7. The normalized spacial score (nSPS) is 21.1. The van der Waals surface area contributed by atoms with E-state index in [0.29, 0.717) is 41.5 Å². The van der Waals surface area contributed by atoms with Gasteiger partial charge < -0.3 is 15.3 Å². The fourth-order valence-corrected chi connectivity index (χ4v) is 3.68. The Kier molecular flexibility index (Phi) is 4.20. The Balaban J connectivity index is 2.04. The van der Waals surface area contributed by atoms with E-state index in [4.69, 9.17) is 4.84 Å². The topological polar surface area (TPSA) is 61.8 Å². The molecule has 1 aromatic carbocycles. The molecule has 0 saturated carbocycles. The van der Waals surface area contributed by atoms with Gasteiger partial charge in [-0.05, 0) is 43.0 Å². The Bertz CT molecular complexity index is 697. The Morgan fingerprint density at radius 1 is 1.39 bits per heavy atom. The summed E-state index contributed by atoms with van der Waals surface area (Å²) in [5.41, 5.74) is 0.134. The van der Waals surface area contributed by atoms with E-state index < -0.39 is 11.4 Å². The number of piperidine rings is 1. The number of amides is 1. The molecule has 0 radical (unpaired) electrons. The third-order valence-electron chi connectivity index (χ3n) is 4.68. The van der Waals surface area contributed by atoms with Crippen LogP contribution < -0.4 is 5.32 Å². The van der Waals surface area contributed by atoms with Crippen LogP contribution in [0.25, 0.3) is 5.57 Å². The quantitative estimate of drug-likeness (QED) is 0.822. The van der Waals surface area contributed by atoms with Crippen LogP contribution in [0.4, 0.5) is 4.39 Å². The van der Waals surface area contributed by atoms with Gasteiger partial charge in [-0.3, -0.25) is 4.79 Å². The van der Waals surface area contributed by atoms with Gasteiger partial charge in [0.05, 0.1) is 12.7 Å². The predicted molar refractivity (Wildman–Crippen MR) is 87.1 cm³/mol. The number of rotatable bonds is 2. The number of hydrogen-bond acceptors (Lipinski definition) is 4. The van der Waals surface area contributed by atoms with Crippen molar-refractivity contribution in [1.82, 2.24) is 10.4 Å². The van der Waals surface area contributed by atoms with Crippen LogP contribution in [0.1, 0.15) is 24.0 Å². The Hall–Kier alpha value is -1.44. The molecule has 2 N–H and O–H groups in total. The molecule has 2 heterocycles. The minimum absolute atomic E-state index is 0.00106. The van der Waals surface area contributed by atoms with Gasteiger partial charge in [0, 0.05) is 17.6 Å². The lowest BCUT2D eigenvalue weighted by atomic mass is 9.86. The number of nitrogens with one attached hydrogen (secondary N) is 1. The number of carbonyl (C=O) groups excluding carboxylic acids is 1. The molecular weight excluding hydrogens is 367 g/mol. The minimum atomic E-state index is -0.785. The summed E-state index contributed by atoms with van der Waals surface area (Å²) in [6.07, 6.45) is 1.08. The third kappa shape index (κ3) is 2.66. The highest BCUT2D eigenvalue weighted by Gasteiger charge is 2.48. The highest BCUT2D eigenvalue weighted by Crippen LogP contribution is 2.40. The van der Waals surface area contributed by atoms with Gasteiger partial charge >= 0.3 is 0 Å². The molecule has 3 rings (SSSR count). The molecule has 1 aromatic rings. The minimum Gasteiger partial charge on any atom is -0.509 e. The van der Waals surface area contributed by atoms with Crippen molar-refractivity contribution in [2.24, 2.45) is 0 Å². The number of nitrogens with zero attached hydrogens (tertiary/aromatic N) is 1. The van der Waals surface area contributed by atoms with Crippen molar-refractivity contribution < 1.29 is 19.1 Å². The van der Waals surface area contributed by atoms with E-state index in [2.05, 4.69) is 21.2 Å². The number of aliphatic hydroxyl groups is 1. The van der Waals surface area contributed by atoms with Crippen molar-refractivity contribution in [3.63, 3.8) is 0 Å². The maximum atomic E-state index is 14.0. The molecule has 0 atom stereocenters. The number of carbonyl (C=O) groups is 1. The smallest absolute Gasteiger partial charge is 0.256 e.